The second-order valence-electron chi connectivity index (χ2n) is 6.27. The Balaban J connectivity index is 1.48. The average molecular weight is 402 g/mol. The van der Waals surface area contributed by atoms with Gasteiger partial charge < -0.3 is 15.4 Å². The number of anilines is 1. The number of esters is 1. The van der Waals surface area contributed by atoms with Crippen LogP contribution < -0.4 is 10.6 Å². The monoisotopic (exact) mass is 402 g/mol. The maximum atomic E-state index is 12.9. The highest BCUT2D eigenvalue weighted by molar-refractivity contribution is 8.01. The lowest BCUT2D eigenvalue weighted by Gasteiger charge is -2.23. The molecule has 2 aromatic carbocycles. The molecule has 1 heterocycles. The third kappa shape index (κ3) is 5.10. The normalized spacial score (nSPS) is 16.5. The SMILES string of the molecule is C[C@H](OC(=O)C[C@H]1Sc2ccccc2NC1=O)C(=O)NCc1ccc(F)cc1. The van der Waals surface area contributed by atoms with Gasteiger partial charge >= 0.3 is 5.97 Å². The van der Waals surface area contributed by atoms with E-state index in [4.69, 9.17) is 4.74 Å². The first-order valence-corrected chi connectivity index (χ1v) is 9.58. The summed E-state index contributed by atoms with van der Waals surface area (Å²) in [5, 5.41) is 4.77. The fourth-order valence-corrected chi connectivity index (χ4v) is 3.71. The van der Waals surface area contributed by atoms with Crippen LogP contribution in [-0.2, 0) is 25.7 Å². The van der Waals surface area contributed by atoms with E-state index in [9.17, 15) is 18.8 Å². The molecule has 0 radical (unpaired) electrons. The van der Waals surface area contributed by atoms with E-state index < -0.39 is 23.2 Å². The molecule has 146 valence electrons. The topological polar surface area (TPSA) is 84.5 Å². The molecule has 0 aliphatic carbocycles. The molecule has 0 fully saturated rings. The summed E-state index contributed by atoms with van der Waals surface area (Å²) in [4.78, 5) is 37.3. The van der Waals surface area contributed by atoms with Gasteiger partial charge in [-0.3, -0.25) is 14.4 Å². The number of ether oxygens (including phenoxy) is 1. The van der Waals surface area contributed by atoms with Gasteiger partial charge in [0.05, 0.1) is 17.4 Å². The fourth-order valence-electron chi connectivity index (χ4n) is 2.61. The first-order chi connectivity index (χ1) is 13.4. The van der Waals surface area contributed by atoms with Crippen molar-refractivity contribution in [1.82, 2.24) is 5.32 Å². The molecule has 3 rings (SSSR count). The highest BCUT2D eigenvalue weighted by Gasteiger charge is 2.30. The van der Waals surface area contributed by atoms with Crippen molar-refractivity contribution in [3.63, 3.8) is 0 Å². The van der Waals surface area contributed by atoms with E-state index in [2.05, 4.69) is 10.6 Å². The molecule has 2 N–H and O–H groups in total. The summed E-state index contributed by atoms with van der Waals surface area (Å²) in [5.41, 5.74) is 1.44. The van der Waals surface area contributed by atoms with Gasteiger partial charge in [0.15, 0.2) is 6.10 Å². The summed E-state index contributed by atoms with van der Waals surface area (Å²) in [6.45, 7) is 1.65. The van der Waals surface area contributed by atoms with E-state index in [0.717, 1.165) is 16.1 Å². The molecule has 6 nitrogen and oxygen atoms in total. The quantitative estimate of drug-likeness (QED) is 0.726. The van der Waals surface area contributed by atoms with Gasteiger partial charge in [0, 0.05) is 11.4 Å². The minimum Gasteiger partial charge on any atom is -0.453 e. The van der Waals surface area contributed by atoms with Crippen molar-refractivity contribution in [1.29, 1.82) is 0 Å². The number of benzene rings is 2. The highest BCUT2D eigenvalue weighted by atomic mass is 32.2. The van der Waals surface area contributed by atoms with E-state index in [-0.39, 0.29) is 24.7 Å². The predicted octanol–water partition coefficient (Wildman–Crippen LogP) is 2.88. The van der Waals surface area contributed by atoms with Gasteiger partial charge in [-0.15, -0.1) is 11.8 Å². The number of hydrogen-bond donors (Lipinski definition) is 2. The zero-order chi connectivity index (χ0) is 20.1. The maximum absolute atomic E-state index is 12.9. The molecule has 1 aliphatic heterocycles. The molecule has 28 heavy (non-hydrogen) atoms. The summed E-state index contributed by atoms with van der Waals surface area (Å²) in [5.74, 6) is -1.72. The molecule has 1 aliphatic rings. The largest absolute Gasteiger partial charge is 0.453 e. The van der Waals surface area contributed by atoms with Crippen LogP contribution in [0.25, 0.3) is 0 Å². The van der Waals surface area contributed by atoms with Gasteiger partial charge in [-0.25, -0.2) is 4.39 Å². The van der Waals surface area contributed by atoms with Crippen molar-refractivity contribution in [3.8, 4) is 0 Å². The zero-order valence-electron chi connectivity index (χ0n) is 15.1. The van der Waals surface area contributed by atoms with Crippen LogP contribution in [-0.4, -0.2) is 29.1 Å². The van der Waals surface area contributed by atoms with Gasteiger partial charge in [-0.05, 0) is 36.8 Å². The fraction of sp³-hybridized carbons (Fsp3) is 0.250. The van der Waals surface area contributed by atoms with Crippen LogP contribution >= 0.6 is 11.8 Å². The smallest absolute Gasteiger partial charge is 0.308 e. The summed E-state index contributed by atoms with van der Waals surface area (Å²) in [6, 6.07) is 13.1. The molecule has 0 spiro atoms. The third-order valence-electron chi connectivity index (χ3n) is 4.12. The van der Waals surface area contributed by atoms with Gasteiger partial charge in [-0.2, -0.15) is 0 Å². The number of rotatable bonds is 6. The Kier molecular flexibility index (Phi) is 6.30. The lowest BCUT2D eigenvalue weighted by molar-refractivity contribution is -0.155. The molecule has 2 aromatic rings. The van der Waals surface area contributed by atoms with Gasteiger partial charge in [-0.1, -0.05) is 24.3 Å². The van der Waals surface area contributed by atoms with Crippen molar-refractivity contribution in [2.24, 2.45) is 0 Å². The molecule has 0 saturated carbocycles. The van der Waals surface area contributed by atoms with Gasteiger partial charge in [0.2, 0.25) is 5.91 Å². The van der Waals surface area contributed by atoms with Crippen molar-refractivity contribution in [2.45, 2.75) is 36.1 Å². The van der Waals surface area contributed by atoms with Crippen LogP contribution in [0.3, 0.4) is 0 Å². The van der Waals surface area contributed by atoms with Crippen LogP contribution in [0, 0.1) is 5.82 Å². The summed E-state index contributed by atoms with van der Waals surface area (Å²) in [7, 11) is 0. The molecular formula is C20H19FN2O4S. The number of para-hydroxylation sites is 1. The summed E-state index contributed by atoms with van der Waals surface area (Å²) >= 11 is 1.29. The number of carbonyl (C=O) groups excluding carboxylic acids is 3. The summed E-state index contributed by atoms with van der Waals surface area (Å²) in [6.07, 6.45) is -1.14. The molecule has 8 heteroatoms. The van der Waals surface area contributed by atoms with Gasteiger partial charge in [0.25, 0.3) is 5.91 Å². The lowest BCUT2D eigenvalue weighted by Crippen LogP contribution is -2.37. The Morgan fingerprint density at radius 3 is 2.68 bits per heavy atom. The maximum Gasteiger partial charge on any atom is 0.308 e. The van der Waals surface area contributed by atoms with Crippen LogP contribution in [0.5, 0.6) is 0 Å². The van der Waals surface area contributed by atoms with E-state index in [1.54, 1.807) is 18.2 Å². The molecule has 2 amide bonds. The number of nitrogens with one attached hydrogen (secondary N) is 2. The van der Waals surface area contributed by atoms with Gasteiger partial charge in [0.1, 0.15) is 5.82 Å². The molecular weight excluding hydrogens is 383 g/mol. The highest BCUT2D eigenvalue weighted by Crippen LogP contribution is 2.36. The number of carbonyl (C=O) groups is 3. The predicted molar refractivity (Wildman–Crippen MR) is 103 cm³/mol. The van der Waals surface area contributed by atoms with Crippen molar-refractivity contribution in [2.75, 3.05) is 5.32 Å². The van der Waals surface area contributed by atoms with Crippen LogP contribution in [0.1, 0.15) is 18.9 Å². The van der Waals surface area contributed by atoms with Crippen LogP contribution in [0.4, 0.5) is 10.1 Å². The Morgan fingerprint density at radius 2 is 1.93 bits per heavy atom. The number of thioether (sulfide) groups is 1. The van der Waals surface area contributed by atoms with E-state index in [1.807, 2.05) is 18.2 Å². The average Bonchev–Trinajstić information content (AvgIpc) is 2.67. The number of amides is 2. The number of fused-ring (bicyclic) bond motifs is 1. The third-order valence-corrected chi connectivity index (χ3v) is 5.39. The Labute approximate surface area is 165 Å². The molecule has 2 atom stereocenters. The second-order valence-corrected chi connectivity index (χ2v) is 7.52. The molecule has 0 saturated heterocycles. The Hall–Kier alpha value is -2.87. The standard InChI is InChI=1S/C20H19FN2O4S/c1-12(19(25)22-11-13-6-8-14(21)9-7-13)27-18(24)10-17-20(26)23-15-4-2-3-5-16(15)28-17/h2-9,12,17H,10-11H2,1H3,(H,22,25)(H,23,26)/t12-,17+/m0/s1. The van der Waals surface area contributed by atoms with Crippen LogP contribution in [0.2, 0.25) is 0 Å². The lowest BCUT2D eigenvalue weighted by atomic mass is 10.2. The Morgan fingerprint density at radius 1 is 1.21 bits per heavy atom. The zero-order valence-corrected chi connectivity index (χ0v) is 15.9. The van der Waals surface area contributed by atoms with Crippen molar-refractivity contribution in [3.05, 3.63) is 59.9 Å². The minimum atomic E-state index is -1.00. The van der Waals surface area contributed by atoms with E-state index in [0.29, 0.717) is 0 Å². The Bertz CT molecular complexity index is 888. The number of hydrogen-bond acceptors (Lipinski definition) is 5. The van der Waals surface area contributed by atoms with Crippen LogP contribution in [0.15, 0.2) is 53.4 Å². The molecule has 0 bridgehead atoms. The summed E-state index contributed by atoms with van der Waals surface area (Å²) < 4.78 is 18.0. The van der Waals surface area contributed by atoms with E-state index in [1.165, 1.54) is 30.8 Å². The van der Waals surface area contributed by atoms with Crippen molar-refractivity contribution < 1.29 is 23.5 Å². The van der Waals surface area contributed by atoms with E-state index >= 15 is 0 Å². The first-order valence-electron chi connectivity index (χ1n) is 8.70. The molecule has 0 aromatic heterocycles. The van der Waals surface area contributed by atoms with Crippen molar-refractivity contribution >= 4 is 35.2 Å². The first kappa shape index (κ1) is 19.9. The minimum absolute atomic E-state index is 0.138. The number of halogens is 1. The molecule has 0 unspecified atom stereocenters. The second kappa shape index (κ2) is 8.88.